The SMILES string of the molecule is COc1ccc(C)cc1C=CC(=O)NC1CC(O)C1. The van der Waals surface area contributed by atoms with E-state index in [4.69, 9.17) is 9.84 Å². The minimum atomic E-state index is -0.258. The van der Waals surface area contributed by atoms with Gasteiger partial charge in [0.25, 0.3) is 0 Å². The van der Waals surface area contributed by atoms with Gasteiger partial charge in [-0.05, 0) is 38.0 Å². The normalized spacial score (nSPS) is 22.1. The van der Waals surface area contributed by atoms with Crippen molar-refractivity contribution in [1.82, 2.24) is 5.32 Å². The second kappa shape index (κ2) is 5.89. The zero-order valence-corrected chi connectivity index (χ0v) is 11.2. The van der Waals surface area contributed by atoms with Gasteiger partial charge in [0.1, 0.15) is 5.75 Å². The van der Waals surface area contributed by atoms with Crippen molar-refractivity contribution >= 4 is 12.0 Å². The van der Waals surface area contributed by atoms with Crippen LogP contribution in [-0.4, -0.2) is 30.3 Å². The number of hydrogen-bond acceptors (Lipinski definition) is 3. The summed E-state index contributed by atoms with van der Waals surface area (Å²) in [6.45, 7) is 1.99. The number of amides is 1. The summed E-state index contributed by atoms with van der Waals surface area (Å²) < 4.78 is 5.24. The van der Waals surface area contributed by atoms with Crippen LogP contribution < -0.4 is 10.1 Å². The van der Waals surface area contributed by atoms with Gasteiger partial charge in [0.15, 0.2) is 0 Å². The van der Waals surface area contributed by atoms with Crippen molar-refractivity contribution in [2.75, 3.05) is 7.11 Å². The van der Waals surface area contributed by atoms with Gasteiger partial charge in [-0.25, -0.2) is 0 Å². The topological polar surface area (TPSA) is 58.6 Å². The molecule has 1 aliphatic carbocycles. The van der Waals surface area contributed by atoms with Crippen molar-refractivity contribution in [2.24, 2.45) is 0 Å². The molecule has 2 rings (SSSR count). The van der Waals surface area contributed by atoms with Crippen molar-refractivity contribution < 1.29 is 14.6 Å². The zero-order valence-electron chi connectivity index (χ0n) is 11.2. The molecule has 1 aliphatic rings. The molecule has 0 atom stereocenters. The number of aliphatic hydroxyl groups is 1. The van der Waals surface area contributed by atoms with Crippen molar-refractivity contribution in [3.63, 3.8) is 0 Å². The molecule has 0 heterocycles. The average Bonchev–Trinajstić information content (AvgIpc) is 2.34. The van der Waals surface area contributed by atoms with Crippen LogP contribution in [0.3, 0.4) is 0 Å². The highest BCUT2D eigenvalue weighted by molar-refractivity contribution is 5.92. The van der Waals surface area contributed by atoms with Gasteiger partial charge in [-0.1, -0.05) is 11.6 Å². The van der Waals surface area contributed by atoms with Gasteiger partial charge in [0.05, 0.1) is 13.2 Å². The molecule has 1 aromatic rings. The maximum atomic E-state index is 11.7. The second-order valence-corrected chi connectivity index (χ2v) is 4.91. The molecule has 2 N–H and O–H groups in total. The third kappa shape index (κ3) is 3.58. The molecule has 4 nitrogen and oxygen atoms in total. The third-order valence-corrected chi connectivity index (χ3v) is 3.26. The molecule has 1 saturated carbocycles. The van der Waals surface area contributed by atoms with Crippen LogP contribution in [0.5, 0.6) is 5.75 Å². The summed E-state index contributed by atoms with van der Waals surface area (Å²) >= 11 is 0. The monoisotopic (exact) mass is 261 g/mol. The minimum absolute atomic E-state index is 0.103. The average molecular weight is 261 g/mol. The number of nitrogens with one attached hydrogen (secondary N) is 1. The molecular formula is C15H19NO3. The van der Waals surface area contributed by atoms with E-state index in [1.807, 2.05) is 25.1 Å². The molecule has 1 amide bonds. The lowest BCUT2D eigenvalue weighted by molar-refractivity contribution is -0.118. The van der Waals surface area contributed by atoms with Gasteiger partial charge in [-0.3, -0.25) is 4.79 Å². The standard InChI is InChI=1S/C15H19NO3/c1-10-3-5-14(19-2)11(7-10)4-6-15(18)16-12-8-13(17)9-12/h3-7,12-13,17H,8-9H2,1-2H3,(H,16,18). The number of aryl methyl sites for hydroxylation is 1. The fourth-order valence-electron chi connectivity index (χ4n) is 2.10. The van der Waals surface area contributed by atoms with Crippen molar-refractivity contribution in [2.45, 2.75) is 31.9 Å². The number of benzene rings is 1. The summed E-state index contributed by atoms with van der Waals surface area (Å²) in [5.41, 5.74) is 1.99. The summed E-state index contributed by atoms with van der Waals surface area (Å²) in [6.07, 6.45) is 4.28. The Hall–Kier alpha value is -1.81. The maximum Gasteiger partial charge on any atom is 0.244 e. The highest BCUT2D eigenvalue weighted by Gasteiger charge is 2.27. The summed E-state index contributed by atoms with van der Waals surface area (Å²) in [6, 6.07) is 5.92. The quantitative estimate of drug-likeness (QED) is 0.810. The number of methoxy groups -OCH3 is 1. The highest BCUT2D eigenvalue weighted by atomic mass is 16.5. The predicted octanol–water partition coefficient (Wildman–Crippen LogP) is 1.66. The van der Waals surface area contributed by atoms with E-state index >= 15 is 0 Å². The van der Waals surface area contributed by atoms with E-state index < -0.39 is 0 Å². The molecule has 0 radical (unpaired) electrons. The molecule has 1 fully saturated rings. The van der Waals surface area contributed by atoms with Crippen molar-refractivity contribution in [3.05, 3.63) is 35.4 Å². The molecular weight excluding hydrogens is 242 g/mol. The first kappa shape index (κ1) is 13.6. The first-order valence-electron chi connectivity index (χ1n) is 6.40. The van der Waals surface area contributed by atoms with Gasteiger partial charge >= 0.3 is 0 Å². The molecule has 19 heavy (non-hydrogen) atoms. The Morgan fingerprint density at radius 1 is 1.47 bits per heavy atom. The first-order valence-corrected chi connectivity index (χ1v) is 6.40. The van der Waals surface area contributed by atoms with Crippen LogP contribution in [0.15, 0.2) is 24.3 Å². The van der Waals surface area contributed by atoms with Crippen LogP contribution in [0.1, 0.15) is 24.0 Å². The number of carbonyl (C=O) groups excluding carboxylic acids is 1. The molecule has 0 saturated heterocycles. The second-order valence-electron chi connectivity index (χ2n) is 4.91. The Labute approximate surface area is 113 Å². The lowest BCUT2D eigenvalue weighted by atomic mass is 9.89. The van der Waals surface area contributed by atoms with Gasteiger partial charge in [-0.2, -0.15) is 0 Å². The number of ether oxygens (including phenoxy) is 1. The molecule has 0 aromatic heterocycles. The Balaban J connectivity index is 1.97. The van der Waals surface area contributed by atoms with Crippen LogP contribution >= 0.6 is 0 Å². The molecule has 1 aromatic carbocycles. The summed E-state index contributed by atoms with van der Waals surface area (Å²) in [5.74, 6) is 0.606. The fourth-order valence-corrected chi connectivity index (χ4v) is 2.10. The smallest absolute Gasteiger partial charge is 0.244 e. The lowest BCUT2D eigenvalue weighted by Gasteiger charge is -2.31. The van der Waals surface area contributed by atoms with Crippen LogP contribution in [0.25, 0.3) is 6.08 Å². The summed E-state index contributed by atoms with van der Waals surface area (Å²) in [7, 11) is 1.61. The van der Waals surface area contributed by atoms with E-state index in [1.165, 1.54) is 6.08 Å². The van der Waals surface area contributed by atoms with E-state index in [2.05, 4.69) is 5.32 Å². The van der Waals surface area contributed by atoms with Crippen molar-refractivity contribution in [1.29, 1.82) is 0 Å². The number of hydrogen-bond donors (Lipinski definition) is 2. The van der Waals surface area contributed by atoms with Crippen molar-refractivity contribution in [3.8, 4) is 5.75 Å². The van der Waals surface area contributed by atoms with Gasteiger partial charge < -0.3 is 15.2 Å². The fraction of sp³-hybridized carbons (Fsp3) is 0.400. The third-order valence-electron chi connectivity index (χ3n) is 3.26. The van der Waals surface area contributed by atoms with Crippen LogP contribution in [-0.2, 0) is 4.79 Å². The molecule has 102 valence electrons. The predicted molar refractivity (Wildman–Crippen MR) is 73.9 cm³/mol. The van der Waals surface area contributed by atoms with E-state index in [-0.39, 0.29) is 18.1 Å². The highest BCUT2D eigenvalue weighted by Crippen LogP contribution is 2.21. The first-order chi connectivity index (χ1) is 9.08. The van der Waals surface area contributed by atoms with E-state index in [1.54, 1.807) is 13.2 Å². The Kier molecular flexibility index (Phi) is 4.22. The van der Waals surface area contributed by atoms with Gasteiger partial charge in [0, 0.05) is 17.7 Å². The van der Waals surface area contributed by atoms with Crippen LogP contribution in [0.4, 0.5) is 0 Å². The number of rotatable bonds is 4. The van der Waals surface area contributed by atoms with E-state index in [0.29, 0.717) is 12.8 Å². The minimum Gasteiger partial charge on any atom is -0.496 e. The van der Waals surface area contributed by atoms with Gasteiger partial charge in [-0.15, -0.1) is 0 Å². The lowest BCUT2D eigenvalue weighted by Crippen LogP contribution is -2.46. The van der Waals surface area contributed by atoms with E-state index in [0.717, 1.165) is 16.9 Å². The van der Waals surface area contributed by atoms with Crippen LogP contribution in [0.2, 0.25) is 0 Å². The molecule has 4 heteroatoms. The maximum absolute atomic E-state index is 11.7. The van der Waals surface area contributed by atoms with Crippen LogP contribution in [0, 0.1) is 6.92 Å². The largest absolute Gasteiger partial charge is 0.496 e. The number of carbonyl (C=O) groups is 1. The number of aliphatic hydroxyl groups excluding tert-OH is 1. The summed E-state index contributed by atoms with van der Waals surface area (Å²) in [5, 5.41) is 12.0. The molecule has 0 unspecified atom stereocenters. The summed E-state index contributed by atoms with van der Waals surface area (Å²) in [4.78, 5) is 11.7. The Morgan fingerprint density at radius 3 is 2.84 bits per heavy atom. The van der Waals surface area contributed by atoms with E-state index in [9.17, 15) is 4.79 Å². The molecule has 0 bridgehead atoms. The molecule has 0 aliphatic heterocycles. The Bertz CT molecular complexity index is 490. The Morgan fingerprint density at radius 2 is 2.21 bits per heavy atom. The zero-order chi connectivity index (χ0) is 13.8. The van der Waals surface area contributed by atoms with Gasteiger partial charge in [0.2, 0.25) is 5.91 Å². The molecule has 0 spiro atoms.